The number of nitrogen functional groups attached to an aromatic ring is 1. The van der Waals surface area contributed by atoms with Gasteiger partial charge in [0, 0.05) is 26.4 Å². The van der Waals surface area contributed by atoms with Crippen LogP contribution in [0, 0.1) is 11.3 Å². The van der Waals surface area contributed by atoms with Crippen LogP contribution in [0.15, 0.2) is 12.3 Å². The van der Waals surface area contributed by atoms with Crippen molar-refractivity contribution in [2.24, 2.45) is 0 Å². The first-order valence-electron chi connectivity index (χ1n) is 6.04. The average Bonchev–Trinajstić information content (AvgIpc) is 2.39. The molecule has 5 heteroatoms. The highest BCUT2D eigenvalue weighted by Crippen LogP contribution is 2.30. The number of pyridine rings is 1. The van der Waals surface area contributed by atoms with E-state index in [-0.39, 0.29) is 5.60 Å². The number of nitriles is 1. The Kier molecular flexibility index (Phi) is 3.39. The molecule has 0 amide bonds. The van der Waals surface area contributed by atoms with Crippen molar-refractivity contribution in [3.63, 3.8) is 0 Å². The minimum atomic E-state index is -0.172. The number of aromatic nitrogens is 1. The Labute approximate surface area is 107 Å². The third-order valence-corrected chi connectivity index (χ3v) is 3.54. The number of ether oxygens (including phenoxy) is 1. The van der Waals surface area contributed by atoms with Gasteiger partial charge in [-0.05, 0) is 25.8 Å². The smallest absolute Gasteiger partial charge is 0.153 e. The van der Waals surface area contributed by atoms with Gasteiger partial charge in [0.2, 0.25) is 0 Å². The molecular weight excluding hydrogens is 228 g/mol. The van der Waals surface area contributed by atoms with Crippen LogP contribution in [0.4, 0.5) is 11.5 Å². The summed E-state index contributed by atoms with van der Waals surface area (Å²) in [7, 11) is 1.73. The fraction of sp³-hybridized carbons (Fsp3) is 0.538. The van der Waals surface area contributed by atoms with E-state index in [0.29, 0.717) is 17.1 Å². The number of nitrogens with two attached hydrogens (primary N) is 1. The van der Waals surface area contributed by atoms with Gasteiger partial charge in [-0.2, -0.15) is 5.26 Å². The van der Waals surface area contributed by atoms with Crippen molar-refractivity contribution in [1.29, 1.82) is 5.26 Å². The highest BCUT2D eigenvalue weighted by Gasteiger charge is 2.32. The lowest BCUT2D eigenvalue weighted by Gasteiger charge is -2.40. The van der Waals surface area contributed by atoms with Crippen LogP contribution in [0.1, 0.15) is 25.3 Å². The lowest BCUT2D eigenvalue weighted by Crippen LogP contribution is -2.48. The van der Waals surface area contributed by atoms with Crippen LogP contribution >= 0.6 is 0 Å². The van der Waals surface area contributed by atoms with Crippen molar-refractivity contribution in [2.75, 3.05) is 30.8 Å². The summed E-state index contributed by atoms with van der Waals surface area (Å²) in [5.74, 6) is 0.692. The van der Waals surface area contributed by atoms with Crippen molar-refractivity contribution in [1.82, 2.24) is 4.98 Å². The summed E-state index contributed by atoms with van der Waals surface area (Å²) in [6.45, 7) is 3.73. The second-order valence-electron chi connectivity index (χ2n) is 4.89. The molecule has 1 unspecified atom stereocenters. The minimum Gasteiger partial charge on any atom is -0.395 e. The molecule has 5 nitrogen and oxygen atoms in total. The molecule has 0 aromatic carbocycles. The lowest BCUT2D eigenvalue weighted by molar-refractivity contribution is -0.00478. The van der Waals surface area contributed by atoms with Crippen molar-refractivity contribution < 1.29 is 4.74 Å². The van der Waals surface area contributed by atoms with Crippen LogP contribution in [0.2, 0.25) is 0 Å². The van der Waals surface area contributed by atoms with Crippen LogP contribution < -0.4 is 10.6 Å². The van der Waals surface area contributed by atoms with E-state index in [1.165, 1.54) is 0 Å². The third kappa shape index (κ3) is 2.24. The number of piperidine rings is 1. The summed E-state index contributed by atoms with van der Waals surface area (Å²) in [6, 6.07) is 3.72. The molecule has 1 atom stereocenters. The van der Waals surface area contributed by atoms with Crippen molar-refractivity contribution in [2.45, 2.75) is 25.4 Å². The van der Waals surface area contributed by atoms with Crippen LogP contribution in [0.3, 0.4) is 0 Å². The quantitative estimate of drug-likeness (QED) is 0.856. The van der Waals surface area contributed by atoms with Crippen molar-refractivity contribution in [3.8, 4) is 6.07 Å². The van der Waals surface area contributed by atoms with Crippen LogP contribution in [-0.4, -0.2) is 30.8 Å². The molecule has 96 valence electrons. The molecule has 1 saturated heterocycles. The van der Waals surface area contributed by atoms with E-state index in [1.54, 1.807) is 19.4 Å². The van der Waals surface area contributed by atoms with Gasteiger partial charge in [0.25, 0.3) is 0 Å². The number of nitrogens with zero attached hydrogens (tertiary/aromatic N) is 3. The molecule has 1 aromatic heterocycles. The van der Waals surface area contributed by atoms with Gasteiger partial charge in [-0.25, -0.2) is 4.98 Å². The normalized spacial score (nSPS) is 23.7. The van der Waals surface area contributed by atoms with Gasteiger partial charge in [0.15, 0.2) is 5.82 Å². The molecule has 0 aliphatic carbocycles. The maximum absolute atomic E-state index is 8.99. The summed E-state index contributed by atoms with van der Waals surface area (Å²) in [5.41, 5.74) is 6.75. The van der Waals surface area contributed by atoms with E-state index < -0.39 is 0 Å². The molecule has 1 fully saturated rings. The van der Waals surface area contributed by atoms with Gasteiger partial charge in [0.05, 0.1) is 16.9 Å². The van der Waals surface area contributed by atoms with Gasteiger partial charge in [-0.1, -0.05) is 0 Å². The highest BCUT2D eigenvalue weighted by atomic mass is 16.5. The molecule has 18 heavy (non-hydrogen) atoms. The summed E-state index contributed by atoms with van der Waals surface area (Å²) in [4.78, 5) is 6.41. The summed E-state index contributed by atoms with van der Waals surface area (Å²) >= 11 is 0. The second-order valence-corrected chi connectivity index (χ2v) is 4.89. The van der Waals surface area contributed by atoms with E-state index in [2.05, 4.69) is 22.9 Å². The molecule has 2 N–H and O–H groups in total. The molecule has 0 saturated carbocycles. The Morgan fingerprint density at radius 1 is 1.61 bits per heavy atom. The van der Waals surface area contributed by atoms with Crippen molar-refractivity contribution in [3.05, 3.63) is 17.8 Å². The predicted molar refractivity (Wildman–Crippen MR) is 70.2 cm³/mol. The maximum atomic E-state index is 8.99. The Morgan fingerprint density at radius 3 is 3.06 bits per heavy atom. The number of hydrogen-bond donors (Lipinski definition) is 1. The van der Waals surface area contributed by atoms with Gasteiger partial charge in [0.1, 0.15) is 6.07 Å². The minimum absolute atomic E-state index is 0.172. The highest BCUT2D eigenvalue weighted by molar-refractivity contribution is 5.70. The first-order valence-corrected chi connectivity index (χ1v) is 6.04. The van der Waals surface area contributed by atoms with Crippen LogP contribution in [0.25, 0.3) is 0 Å². The second kappa shape index (κ2) is 4.83. The molecular formula is C13H18N4O. The number of methoxy groups -OCH3 is 1. The Hall–Kier alpha value is -1.80. The zero-order valence-electron chi connectivity index (χ0n) is 10.8. The Bertz CT molecular complexity index is 482. The summed E-state index contributed by atoms with van der Waals surface area (Å²) < 4.78 is 5.55. The van der Waals surface area contributed by atoms with Gasteiger partial charge < -0.3 is 15.4 Å². The zero-order chi connectivity index (χ0) is 13.2. The van der Waals surface area contributed by atoms with Crippen LogP contribution in [0.5, 0.6) is 0 Å². The first-order chi connectivity index (χ1) is 8.59. The molecule has 1 aliphatic heterocycles. The maximum Gasteiger partial charge on any atom is 0.153 e. The fourth-order valence-electron chi connectivity index (χ4n) is 2.36. The van der Waals surface area contributed by atoms with E-state index >= 15 is 0 Å². The molecule has 1 aromatic rings. The topological polar surface area (TPSA) is 75.2 Å². The first kappa shape index (κ1) is 12.7. The lowest BCUT2D eigenvalue weighted by atomic mass is 9.94. The number of hydrogen-bond acceptors (Lipinski definition) is 5. The molecule has 0 spiro atoms. The Balaban J connectivity index is 2.30. The zero-order valence-corrected chi connectivity index (χ0v) is 10.8. The van der Waals surface area contributed by atoms with E-state index in [0.717, 1.165) is 25.9 Å². The van der Waals surface area contributed by atoms with Gasteiger partial charge in [-0.15, -0.1) is 0 Å². The van der Waals surface area contributed by atoms with E-state index in [1.807, 2.05) is 0 Å². The summed E-state index contributed by atoms with van der Waals surface area (Å²) in [6.07, 6.45) is 3.68. The Morgan fingerprint density at radius 2 is 2.39 bits per heavy atom. The van der Waals surface area contributed by atoms with Crippen molar-refractivity contribution >= 4 is 11.5 Å². The molecule has 0 radical (unpaired) electrons. The standard InChI is InChI=1S/C13H18N4O/c1-13(18-2)5-3-7-17(9-13)12-11(15)10(8-14)4-6-16-12/h4,6H,3,5,7,9,15H2,1-2H3. The fourth-order valence-corrected chi connectivity index (χ4v) is 2.36. The molecule has 1 aliphatic rings. The SMILES string of the molecule is COC1(C)CCCN(c2nccc(C#N)c2N)C1. The molecule has 0 bridgehead atoms. The number of anilines is 2. The number of rotatable bonds is 2. The van der Waals surface area contributed by atoms with E-state index in [4.69, 9.17) is 15.7 Å². The van der Waals surface area contributed by atoms with E-state index in [9.17, 15) is 0 Å². The monoisotopic (exact) mass is 246 g/mol. The van der Waals surface area contributed by atoms with Gasteiger partial charge >= 0.3 is 0 Å². The average molecular weight is 246 g/mol. The predicted octanol–water partition coefficient (Wildman–Crippen LogP) is 1.54. The van der Waals surface area contributed by atoms with Crippen LogP contribution in [-0.2, 0) is 4.74 Å². The molecule has 2 heterocycles. The third-order valence-electron chi connectivity index (χ3n) is 3.54. The molecule has 2 rings (SSSR count). The van der Waals surface area contributed by atoms with Gasteiger partial charge in [-0.3, -0.25) is 0 Å². The summed E-state index contributed by atoms with van der Waals surface area (Å²) in [5, 5.41) is 8.99. The largest absolute Gasteiger partial charge is 0.395 e.